The predicted molar refractivity (Wildman–Crippen MR) is 122 cm³/mol. The van der Waals surface area contributed by atoms with E-state index in [2.05, 4.69) is 77.5 Å². The number of likely N-dealkylation sites (N-methyl/N-ethyl adjacent to an activating group) is 1. The van der Waals surface area contributed by atoms with Crippen LogP contribution in [-0.4, -0.2) is 50.6 Å². The summed E-state index contributed by atoms with van der Waals surface area (Å²) >= 11 is 1.68. The lowest BCUT2D eigenvalue weighted by atomic mass is 9.96. The molecule has 30 heavy (non-hydrogen) atoms. The molecule has 1 saturated heterocycles. The summed E-state index contributed by atoms with van der Waals surface area (Å²) in [6, 6.07) is 24.1. The fourth-order valence-electron chi connectivity index (χ4n) is 4.44. The van der Waals surface area contributed by atoms with Crippen molar-refractivity contribution >= 4 is 17.2 Å². The van der Waals surface area contributed by atoms with Gasteiger partial charge in [0.1, 0.15) is 32.2 Å². The predicted octanol–water partition coefficient (Wildman–Crippen LogP) is 1.28. The second kappa shape index (κ2) is 10.0. The topological polar surface area (TPSA) is 29.2 Å². The molecule has 156 valence electrons. The van der Waals surface area contributed by atoms with Crippen molar-refractivity contribution in [2.75, 3.05) is 39.8 Å². The van der Waals surface area contributed by atoms with E-state index in [1.54, 1.807) is 16.2 Å². The van der Waals surface area contributed by atoms with Gasteiger partial charge in [0, 0.05) is 24.7 Å². The Kier molecular flexibility index (Phi) is 6.95. The van der Waals surface area contributed by atoms with E-state index < -0.39 is 0 Å². The van der Waals surface area contributed by atoms with Crippen LogP contribution in [-0.2, 0) is 11.3 Å². The maximum atomic E-state index is 12.7. The molecule has 1 aromatic heterocycles. The van der Waals surface area contributed by atoms with Gasteiger partial charge in [-0.05, 0) is 22.4 Å². The van der Waals surface area contributed by atoms with E-state index in [1.807, 2.05) is 11.9 Å². The number of hydrogen-bond acceptors (Lipinski definition) is 2. The van der Waals surface area contributed by atoms with E-state index in [0.29, 0.717) is 19.1 Å². The molecule has 0 bridgehead atoms. The maximum absolute atomic E-state index is 12.7. The van der Waals surface area contributed by atoms with E-state index in [1.165, 1.54) is 21.6 Å². The van der Waals surface area contributed by atoms with Crippen LogP contribution in [0.2, 0.25) is 0 Å². The van der Waals surface area contributed by atoms with Crippen LogP contribution >= 0.6 is 11.3 Å². The molecule has 0 saturated carbocycles. The lowest BCUT2D eigenvalue weighted by Crippen LogP contribution is -3.28. The SMILES string of the molecule is CN(Cc1ccsc1)C(=O)C[NH+]1CC[NH+](C(c2ccccc2)c2ccccc2)CC1. The fraction of sp³-hybridized carbons (Fsp3) is 0.320. The highest BCUT2D eigenvalue weighted by molar-refractivity contribution is 7.07. The first kappa shape index (κ1) is 20.8. The Bertz CT molecular complexity index is 867. The number of rotatable bonds is 7. The minimum atomic E-state index is 0.238. The first-order valence-corrected chi connectivity index (χ1v) is 11.7. The van der Waals surface area contributed by atoms with E-state index >= 15 is 0 Å². The van der Waals surface area contributed by atoms with Crippen molar-refractivity contribution in [3.05, 3.63) is 94.2 Å². The Morgan fingerprint density at radius 2 is 1.53 bits per heavy atom. The Balaban J connectivity index is 1.37. The number of nitrogens with zero attached hydrogens (tertiary/aromatic N) is 1. The molecule has 0 radical (unpaired) electrons. The van der Waals surface area contributed by atoms with Gasteiger partial charge >= 0.3 is 0 Å². The minimum absolute atomic E-state index is 0.238. The first-order valence-electron chi connectivity index (χ1n) is 10.7. The van der Waals surface area contributed by atoms with Gasteiger partial charge in [-0.2, -0.15) is 11.3 Å². The van der Waals surface area contributed by atoms with E-state index in [0.717, 1.165) is 26.2 Å². The van der Waals surface area contributed by atoms with Crippen molar-refractivity contribution < 1.29 is 14.6 Å². The first-order chi connectivity index (χ1) is 14.7. The largest absolute Gasteiger partial charge is 0.337 e. The second-order valence-electron chi connectivity index (χ2n) is 8.22. The van der Waals surface area contributed by atoms with Gasteiger partial charge in [-0.25, -0.2) is 0 Å². The molecule has 5 heteroatoms. The van der Waals surface area contributed by atoms with Crippen LogP contribution in [0.15, 0.2) is 77.5 Å². The van der Waals surface area contributed by atoms with Crippen LogP contribution in [0.5, 0.6) is 0 Å². The second-order valence-corrected chi connectivity index (χ2v) is 9.00. The van der Waals surface area contributed by atoms with E-state index in [4.69, 9.17) is 0 Å². The van der Waals surface area contributed by atoms with Crippen LogP contribution in [0, 0.1) is 0 Å². The molecule has 0 spiro atoms. The van der Waals surface area contributed by atoms with Gasteiger partial charge in [0.15, 0.2) is 6.54 Å². The number of benzene rings is 2. The highest BCUT2D eigenvalue weighted by Crippen LogP contribution is 2.18. The normalized spacial score (nSPS) is 19.0. The van der Waals surface area contributed by atoms with Gasteiger partial charge in [0.25, 0.3) is 5.91 Å². The number of carbonyl (C=O) groups excluding carboxylic acids is 1. The molecule has 0 unspecified atom stereocenters. The summed E-state index contributed by atoms with van der Waals surface area (Å²) in [5.41, 5.74) is 3.95. The summed E-state index contributed by atoms with van der Waals surface area (Å²) in [7, 11) is 1.92. The summed E-state index contributed by atoms with van der Waals surface area (Å²) in [5.74, 6) is 0.238. The Hall–Kier alpha value is -2.47. The molecule has 1 aliphatic rings. The summed E-state index contributed by atoms with van der Waals surface area (Å²) in [6.07, 6.45) is 0. The molecule has 1 aliphatic heterocycles. The van der Waals surface area contributed by atoms with Crippen LogP contribution in [0.3, 0.4) is 0 Å². The zero-order valence-electron chi connectivity index (χ0n) is 17.6. The average molecular weight is 422 g/mol. The van der Waals surface area contributed by atoms with Gasteiger partial charge in [-0.3, -0.25) is 4.79 Å². The fourth-order valence-corrected chi connectivity index (χ4v) is 5.10. The average Bonchev–Trinajstić information content (AvgIpc) is 3.30. The highest BCUT2D eigenvalue weighted by Gasteiger charge is 2.32. The van der Waals surface area contributed by atoms with Crippen molar-refractivity contribution in [2.45, 2.75) is 12.6 Å². The van der Waals surface area contributed by atoms with E-state index in [-0.39, 0.29) is 5.91 Å². The quantitative estimate of drug-likeness (QED) is 0.591. The van der Waals surface area contributed by atoms with Crippen LogP contribution in [0.1, 0.15) is 22.7 Å². The molecule has 0 aliphatic carbocycles. The number of quaternary nitrogens is 2. The van der Waals surface area contributed by atoms with E-state index in [9.17, 15) is 4.79 Å². The zero-order valence-corrected chi connectivity index (χ0v) is 18.4. The van der Waals surface area contributed by atoms with Crippen molar-refractivity contribution in [3.8, 4) is 0 Å². The van der Waals surface area contributed by atoms with Gasteiger partial charge in [0.05, 0.1) is 0 Å². The third-order valence-corrected chi connectivity index (χ3v) is 6.83. The molecule has 1 fully saturated rings. The summed E-state index contributed by atoms with van der Waals surface area (Å²) in [6.45, 7) is 5.51. The maximum Gasteiger partial charge on any atom is 0.277 e. The van der Waals surface area contributed by atoms with Crippen molar-refractivity contribution in [1.29, 1.82) is 0 Å². The summed E-state index contributed by atoms with van der Waals surface area (Å²) in [5, 5.41) is 4.18. The molecule has 4 nitrogen and oxygen atoms in total. The number of carbonyl (C=O) groups is 1. The smallest absolute Gasteiger partial charge is 0.277 e. The van der Waals surface area contributed by atoms with Crippen molar-refractivity contribution in [1.82, 2.24) is 4.90 Å². The van der Waals surface area contributed by atoms with Gasteiger partial charge < -0.3 is 14.7 Å². The molecule has 2 heterocycles. The molecular formula is C25H31N3OS+2. The molecule has 2 aromatic carbocycles. The van der Waals surface area contributed by atoms with Gasteiger partial charge in [-0.15, -0.1) is 0 Å². The lowest BCUT2D eigenvalue weighted by Gasteiger charge is -2.35. The van der Waals surface area contributed by atoms with Crippen LogP contribution in [0.25, 0.3) is 0 Å². The zero-order chi connectivity index (χ0) is 20.8. The molecule has 4 rings (SSSR count). The molecule has 0 atom stereocenters. The Morgan fingerprint density at radius 1 is 0.933 bits per heavy atom. The third-order valence-electron chi connectivity index (χ3n) is 6.10. The standard InChI is InChI=1S/C25H29N3OS/c1-26(18-21-12-17-30-20-21)24(29)19-27-13-15-28(16-14-27)25(22-8-4-2-5-9-22)23-10-6-3-7-11-23/h2-12,17,20,25H,13-16,18-19H2,1H3/p+2. The summed E-state index contributed by atoms with van der Waals surface area (Å²) in [4.78, 5) is 17.6. The van der Waals surface area contributed by atoms with Gasteiger partial charge in [-0.1, -0.05) is 60.7 Å². The number of piperazine rings is 1. The number of nitrogens with one attached hydrogen (secondary N) is 2. The van der Waals surface area contributed by atoms with Gasteiger partial charge in [0.2, 0.25) is 0 Å². The van der Waals surface area contributed by atoms with Crippen LogP contribution < -0.4 is 9.80 Å². The molecular weight excluding hydrogens is 390 g/mol. The molecule has 3 aromatic rings. The highest BCUT2D eigenvalue weighted by atomic mass is 32.1. The van der Waals surface area contributed by atoms with Crippen molar-refractivity contribution in [3.63, 3.8) is 0 Å². The monoisotopic (exact) mass is 421 g/mol. The Labute approximate surface area is 183 Å². The number of hydrogen-bond donors (Lipinski definition) is 2. The summed E-state index contributed by atoms with van der Waals surface area (Å²) < 4.78 is 0. The number of thiophene rings is 1. The Morgan fingerprint density at radius 3 is 2.07 bits per heavy atom. The lowest BCUT2D eigenvalue weighted by molar-refractivity contribution is -1.02. The van der Waals surface area contributed by atoms with Crippen LogP contribution in [0.4, 0.5) is 0 Å². The minimum Gasteiger partial charge on any atom is -0.337 e. The number of amides is 1. The third kappa shape index (κ3) is 5.17. The van der Waals surface area contributed by atoms with Crippen molar-refractivity contribution in [2.24, 2.45) is 0 Å². The molecule has 1 amide bonds. The molecule has 2 N–H and O–H groups in total.